The van der Waals surface area contributed by atoms with Crippen LogP contribution in [0, 0.1) is 3.70 Å². The minimum Gasteiger partial charge on any atom is -0.497 e. The lowest BCUT2D eigenvalue weighted by molar-refractivity contribution is -0.118. The maximum atomic E-state index is 12.7. The molecule has 1 fully saturated rings. The van der Waals surface area contributed by atoms with E-state index in [-0.39, 0.29) is 26.7 Å². The summed E-state index contributed by atoms with van der Waals surface area (Å²) in [4.78, 5) is 12.7. The molecule has 2 aromatic carbocycles. The van der Waals surface area contributed by atoms with Crippen molar-refractivity contribution in [2.75, 3.05) is 12.4 Å². The van der Waals surface area contributed by atoms with Gasteiger partial charge >= 0.3 is 0 Å². The Labute approximate surface area is 166 Å². The molecular weight excluding hydrogens is 441 g/mol. The number of amides is 1. The molecule has 136 valence electrons. The molecule has 2 atom stereocenters. The van der Waals surface area contributed by atoms with Gasteiger partial charge in [0.15, 0.2) is 0 Å². The molecule has 0 unspecified atom stereocenters. The van der Waals surface area contributed by atoms with Gasteiger partial charge in [0.2, 0.25) is 5.91 Å². The highest BCUT2D eigenvalue weighted by molar-refractivity contribution is 14.1. The Morgan fingerprint density at radius 2 is 2.04 bits per heavy atom. The van der Waals surface area contributed by atoms with Crippen LogP contribution >= 0.6 is 22.6 Å². The number of benzene rings is 2. The van der Waals surface area contributed by atoms with Gasteiger partial charge in [-0.2, -0.15) is 5.10 Å². The van der Waals surface area contributed by atoms with Gasteiger partial charge in [-0.25, -0.2) is 0 Å². The lowest BCUT2D eigenvalue weighted by Crippen LogP contribution is -2.21. The van der Waals surface area contributed by atoms with E-state index in [0.29, 0.717) is 0 Å². The lowest BCUT2D eigenvalue weighted by atomic mass is 9.91. The monoisotopic (exact) mass is 463 g/mol. The first-order valence-electron chi connectivity index (χ1n) is 7.77. The Kier molecular flexibility index (Phi) is 4.50. The number of fused-ring (bicyclic) bond motifs is 3. The maximum absolute atomic E-state index is 12.7. The topological polar surface area (TPSA) is 67.0 Å². The minimum atomic E-state index is -0.457. The van der Waals surface area contributed by atoms with Crippen molar-refractivity contribution in [2.24, 2.45) is 0 Å². The van der Waals surface area contributed by atoms with Crippen molar-refractivity contribution in [3.8, 4) is 5.75 Å². The van der Waals surface area contributed by atoms with Gasteiger partial charge in [-0.15, -0.1) is 0 Å². The third-order valence-corrected chi connectivity index (χ3v) is 6.08. The molecule has 1 aromatic heterocycles. The van der Waals surface area contributed by atoms with Crippen LogP contribution in [0.5, 0.6) is 5.75 Å². The Balaban J connectivity index is 0.000000980. The number of H-pyrrole nitrogens is 1. The zero-order valence-corrected chi connectivity index (χ0v) is 15.0. The molecule has 0 saturated heterocycles. The Morgan fingerprint density at radius 3 is 2.81 bits per heavy atom. The Morgan fingerprint density at radius 1 is 1.23 bits per heavy atom. The van der Waals surface area contributed by atoms with Crippen LogP contribution < -0.4 is 10.1 Å². The fourth-order valence-corrected chi connectivity index (χ4v) is 4.49. The summed E-state index contributed by atoms with van der Waals surface area (Å²) in [6.07, 6.45) is 0.825. The van der Waals surface area contributed by atoms with Gasteiger partial charge in [-0.3, -0.25) is 9.89 Å². The second-order valence-corrected chi connectivity index (χ2v) is 7.49. The normalized spacial score (nSPS) is 22.4. The third kappa shape index (κ3) is 2.35. The lowest BCUT2D eigenvalue weighted by Gasteiger charge is -2.10. The van der Waals surface area contributed by atoms with Crippen molar-refractivity contribution in [1.82, 2.24) is 10.2 Å². The second kappa shape index (κ2) is 6.26. The molecule has 1 saturated carbocycles. The van der Waals surface area contributed by atoms with Gasteiger partial charge in [0, 0.05) is 17.0 Å². The van der Waals surface area contributed by atoms with Crippen LogP contribution in [-0.2, 0) is 10.2 Å². The number of aromatic amines is 1. The number of halogens is 1. The van der Waals surface area contributed by atoms with Gasteiger partial charge in [0.1, 0.15) is 9.45 Å². The largest absolute Gasteiger partial charge is 0.497 e. The van der Waals surface area contributed by atoms with Crippen LogP contribution in [0.3, 0.4) is 0 Å². The summed E-state index contributed by atoms with van der Waals surface area (Å²) in [5.74, 6) is 1.06. The predicted molar refractivity (Wildman–Crippen MR) is 113 cm³/mol. The number of carbonyl (C=O) groups excluding carboxylic acids is 1. The highest BCUT2D eigenvalue weighted by Crippen LogP contribution is 2.65. The molecule has 0 radical (unpaired) electrons. The molecule has 2 aliphatic rings. The summed E-state index contributed by atoms with van der Waals surface area (Å²) < 4.78 is 6.38. The smallest absolute Gasteiger partial charge is 0.235 e. The summed E-state index contributed by atoms with van der Waals surface area (Å²) in [5.41, 5.74) is 3.60. The molecule has 1 aliphatic heterocycles. The van der Waals surface area contributed by atoms with E-state index in [2.05, 4.69) is 56.3 Å². The molecule has 1 amide bonds. The minimum absolute atomic E-state index is 0. The van der Waals surface area contributed by atoms with Crippen molar-refractivity contribution in [1.29, 1.82) is 0 Å². The predicted octanol–water partition coefficient (Wildman–Crippen LogP) is 4.83. The first-order valence-corrected chi connectivity index (χ1v) is 8.85. The summed E-state index contributed by atoms with van der Waals surface area (Å²) in [5, 5.41) is 11.5. The van der Waals surface area contributed by atoms with E-state index in [4.69, 9.17) is 4.74 Å². The quantitative estimate of drug-likeness (QED) is 0.536. The van der Waals surface area contributed by atoms with Gasteiger partial charge < -0.3 is 10.1 Å². The highest BCUT2D eigenvalue weighted by atomic mass is 127. The average molecular weight is 463 g/mol. The van der Waals surface area contributed by atoms with Crippen molar-refractivity contribution in [3.05, 3.63) is 51.2 Å². The number of anilines is 1. The first-order chi connectivity index (χ1) is 11.6. The molecular formula is C20H22IN3O2. The Bertz CT molecular complexity index is 1010. The number of hydrogen-bond donors (Lipinski definition) is 2. The molecule has 6 heteroatoms. The van der Waals surface area contributed by atoms with E-state index >= 15 is 0 Å². The number of carbonyl (C=O) groups is 1. The molecule has 0 bridgehead atoms. The summed E-state index contributed by atoms with van der Waals surface area (Å²) in [6.45, 7) is 0. The standard InChI is InChI=1S/C18H14IN3O2.2CH4/c1-24-10-3-5-14-12(7-10)18(17(23)20-14)8-13(18)9-2-4-11-15(6-9)21-22-16(11)19;;/h2-7,13H,8H2,1H3,(H,20,23)(H,21,22);2*1H4/t13-,18-;;/m0../s1. The van der Waals surface area contributed by atoms with Gasteiger partial charge in [0.25, 0.3) is 0 Å². The second-order valence-electron chi connectivity index (χ2n) is 6.41. The fraction of sp³-hybridized carbons (Fsp3) is 0.300. The fourth-order valence-electron chi connectivity index (χ4n) is 3.91. The van der Waals surface area contributed by atoms with E-state index < -0.39 is 5.41 Å². The van der Waals surface area contributed by atoms with Crippen LogP contribution in [0.15, 0.2) is 36.4 Å². The number of nitrogens with one attached hydrogen (secondary N) is 2. The maximum Gasteiger partial charge on any atom is 0.235 e. The molecule has 26 heavy (non-hydrogen) atoms. The zero-order chi connectivity index (χ0) is 16.5. The number of hydrogen-bond acceptors (Lipinski definition) is 3. The number of nitrogens with zero attached hydrogens (tertiary/aromatic N) is 1. The van der Waals surface area contributed by atoms with E-state index in [1.807, 2.05) is 18.2 Å². The van der Waals surface area contributed by atoms with E-state index in [1.54, 1.807) is 7.11 Å². The average Bonchev–Trinajstić information content (AvgIpc) is 3.17. The molecule has 3 aromatic rings. The molecule has 2 N–H and O–H groups in total. The molecule has 5 nitrogen and oxygen atoms in total. The van der Waals surface area contributed by atoms with Crippen molar-refractivity contribution in [3.63, 3.8) is 0 Å². The first kappa shape index (κ1) is 18.7. The third-order valence-electron chi connectivity index (χ3n) is 5.26. The van der Waals surface area contributed by atoms with Crippen LogP contribution in [-0.4, -0.2) is 23.2 Å². The Hall–Kier alpha value is -2.09. The van der Waals surface area contributed by atoms with E-state index in [0.717, 1.165) is 43.6 Å². The molecule has 1 spiro atoms. The zero-order valence-electron chi connectivity index (χ0n) is 12.9. The SMILES string of the molecule is C.C.COc1ccc2c(c1)[C@]1(C[C@H]1c1ccc3c(I)[nH]nc3c1)C(=O)N2. The van der Waals surface area contributed by atoms with E-state index in [9.17, 15) is 4.79 Å². The van der Waals surface area contributed by atoms with Crippen molar-refractivity contribution in [2.45, 2.75) is 32.6 Å². The number of methoxy groups -OCH3 is 1. The molecule has 5 rings (SSSR count). The van der Waals surface area contributed by atoms with Crippen LogP contribution in [0.1, 0.15) is 38.3 Å². The number of rotatable bonds is 2. The van der Waals surface area contributed by atoms with Gasteiger partial charge in [-0.1, -0.05) is 20.9 Å². The van der Waals surface area contributed by atoms with Crippen LogP contribution in [0.25, 0.3) is 10.9 Å². The van der Waals surface area contributed by atoms with Crippen molar-refractivity contribution < 1.29 is 9.53 Å². The highest BCUT2D eigenvalue weighted by Gasteiger charge is 2.65. The van der Waals surface area contributed by atoms with E-state index in [1.165, 1.54) is 0 Å². The van der Waals surface area contributed by atoms with Crippen molar-refractivity contribution >= 4 is 45.1 Å². The van der Waals surface area contributed by atoms with Gasteiger partial charge in [0.05, 0.1) is 18.0 Å². The van der Waals surface area contributed by atoms with Crippen LogP contribution in [0.2, 0.25) is 0 Å². The summed E-state index contributed by atoms with van der Waals surface area (Å²) in [7, 11) is 1.65. The summed E-state index contributed by atoms with van der Waals surface area (Å²) >= 11 is 2.24. The van der Waals surface area contributed by atoms with Crippen LogP contribution in [0.4, 0.5) is 5.69 Å². The number of ether oxygens (including phenoxy) is 1. The number of aromatic nitrogens is 2. The molecule has 1 aliphatic carbocycles. The molecule has 2 heterocycles. The summed E-state index contributed by atoms with van der Waals surface area (Å²) in [6, 6.07) is 12.1. The van der Waals surface area contributed by atoms with Gasteiger partial charge in [-0.05, 0) is 70.5 Å².